The second-order valence-electron chi connectivity index (χ2n) is 5.69. The van der Waals surface area contributed by atoms with Crippen LogP contribution in [-0.2, 0) is 11.0 Å². The fraction of sp³-hybridized carbons (Fsp3) is 0.467. The Kier molecular flexibility index (Phi) is 3.70. The van der Waals surface area contributed by atoms with E-state index in [0.29, 0.717) is 18.4 Å². The van der Waals surface area contributed by atoms with Crippen LogP contribution in [0.1, 0.15) is 30.9 Å². The van der Waals surface area contributed by atoms with E-state index < -0.39 is 23.1 Å². The summed E-state index contributed by atoms with van der Waals surface area (Å²) in [7, 11) is 0. The van der Waals surface area contributed by atoms with E-state index in [9.17, 15) is 18.0 Å². The first kappa shape index (κ1) is 15.4. The fourth-order valence-corrected chi connectivity index (χ4v) is 2.63. The highest BCUT2D eigenvalue weighted by molar-refractivity contribution is 5.98. The maximum atomic E-state index is 12.7. The van der Waals surface area contributed by atoms with Gasteiger partial charge in [0.1, 0.15) is 5.41 Å². The standard InChI is InChI=1S/C15H15F3N2O/c1-9-6-14(7-9,8-19)13(21)20-12-5-11(15(16,17)18)4-3-10(12)2/h3-5,9H,6-7H2,1-2H3,(H,20,21). The van der Waals surface area contributed by atoms with Crippen molar-refractivity contribution in [2.24, 2.45) is 11.3 Å². The van der Waals surface area contributed by atoms with Gasteiger partial charge in [-0.1, -0.05) is 13.0 Å². The number of carbonyl (C=O) groups excluding carboxylic acids is 1. The zero-order valence-electron chi connectivity index (χ0n) is 11.7. The number of nitrogens with zero attached hydrogens (tertiary/aromatic N) is 1. The third kappa shape index (κ3) is 2.87. The second-order valence-corrected chi connectivity index (χ2v) is 5.69. The van der Waals surface area contributed by atoms with Crippen LogP contribution in [0.2, 0.25) is 0 Å². The largest absolute Gasteiger partial charge is 0.416 e. The third-order valence-electron chi connectivity index (χ3n) is 3.86. The van der Waals surface area contributed by atoms with Crippen molar-refractivity contribution in [2.45, 2.75) is 32.9 Å². The molecular weight excluding hydrogens is 281 g/mol. The highest BCUT2D eigenvalue weighted by Gasteiger charge is 2.49. The molecule has 1 N–H and O–H groups in total. The molecule has 6 heteroatoms. The van der Waals surface area contributed by atoms with Crippen molar-refractivity contribution in [2.75, 3.05) is 5.32 Å². The van der Waals surface area contributed by atoms with Gasteiger partial charge in [0.15, 0.2) is 0 Å². The summed E-state index contributed by atoms with van der Waals surface area (Å²) in [5.41, 5.74) is -1.31. The van der Waals surface area contributed by atoms with E-state index in [1.807, 2.05) is 13.0 Å². The highest BCUT2D eigenvalue weighted by atomic mass is 19.4. The smallest absolute Gasteiger partial charge is 0.324 e. The van der Waals surface area contributed by atoms with Crippen LogP contribution in [0.4, 0.5) is 18.9 Å². The van der Waals surface area contributed by atoms with Gasteiger partial charge in [-0.05, 0) is 43.4 Å². The lowest BCUT2D eigenvalue weighted by atomic mass is 9.63. The number of aryl methyl sites for hydroxylation is 1. The summed E-state index contributed by atoms with van der Waals surface area (Å²) >= 11 is 0. The van der Waals surface area contributed by atoms with Crippen molar-refractivity contribution in [1.82, 2.24) is 0 Å². The molecule has 0 heterocycles. The molecule has 0 atom stereocenters. The predicted octanol–water partition coefficient (Wildman–Crippen LogP) is 3.89. The maximum absolute atomic E-state index is 12.7. The first-order valence-electron chi connectivity index (χ1n) is 6.58. The molecule has 1 fully saturated rings. The number of benzene rings is 1. The summed E-state index contributed by atoms with van der Waals surface area (Å²) in [5.74, 6) is -0.247. The van der Waals surface area contributed by atoms with Gasteiger partial charge in [-0.25, -0.2) is 0 Å². The van der Waals surface area contributed by atoms with E-state index in [1.54, 1.807) is 6.92 Å². The summed E-state index contributed by atoms with van der Waals surface area (Å²) in [6, 6.07) is 5.17. The average Bonchev–Trinajstić information content (AvgIpc) is 2.35. The molecule has 112 valence electrons. The van der Waals surface area contributed by atoms with E-state index in [2.05, 4.69) is 5.32 Å². The summed E-state index contributed by atoms with van der Waals surface area (Å²) < 4.78 is 38.1. The molecule has 2 rings (SSSR count). The van der Waals surface area contributed by atoms with Gasteiger partial charge in [0, 0.05) is 5.69 Å². The zero-order valence-corrected chi connectivity index (χ0v) is 11.7. The molecule has 21 heavy (non-hydrogen) atoms. The summed E-state index contributed by atoms with van der Waals surface area (Å²) in [6.07, 6.45) is -3.59. The van der Waals surface area contributed by atoms with Crippen LogP contribution >= 0.6 is 0 Å². The molecule has 1 aromatic carbocycles. The van der Waals surface area contributed by atoms with Crippen LogP contribution < -0.4 is 5.32 Å². The molecule has 0 bridgehead atoms. The van der Waals surface area contributed by atoms with E-state index in [-0.39, 0.29) is 11.6 Å². The number of anilines is 1. The quantitative estimate of drug-likeness (QED) is 0.900. The minimum Gasteiger partial charge on any atom is -0.324 e. The van der Waals surface area contributed by atoms with Crippen LogP contribution in [0, 0.1) is 29.6 Å². The van der Waals surface area contributed by atoms with Gasteiger partial charge in [-0.15, -0.1) is 0 Å². The van der Waals surface area contributed by atoms with Crippen LogP contribution in [0.3, 0.4) is 0 Å². The van der Waals surface area contributed by atoms with Crippen molar-refractivity contribution < 1.29 is 18.0 Å². The molecule has 1 aliphatic rings. The Morgan fingerprint density at radius 3 is 2.52 bits per heavy atom. The van der Waals surface area contributed by atoms with E-state index in [0.717, 1.165) is 12.1 Å². The Hall–Kier alpha value is -2.03. The third-order valence-corrected chi connectivity index (χ3v) is 3.86. The monoisotopic (exact) mass is 296 g/mol. The Morgan fingerprint density at radius 1 is 1.43 bits per heavy atom. The van der Waals surface area contributed by atoms with Gasteiger partial charge in [-0.3, -0.25) is 4.79 Å². The lowest BCUT2D eigenvalue weighted by molar-refractivity contribution is -0.137. The van der Waals surface area contributed by atoms with Crippen molar-refractivity contribution in [3.63, 3.8) is 0 Å². The molecule has 0 radical (unpaired) electrons. The normalized spacial score (nSPS) is 24.9. The molecule has 0 unspecified atom stereocenters. The molecule has 3 nitrogen and oxygen atoms in total. The van der Waals surface area contributed by atoms with Crippen molar-refractivity contribution in [3.8, 4) is 6.07 Å². The number of amides is 1. The minimum absolute atomic E-state index is 0.101. The van der Waals surface area contributed by atoms with Crippen LogP contribution in [0.15, 0.2) is 18.2 Å². The number of alkyl halides is 3. The SMILES string of the molecule is Cc1ccc(C(F)(F)F)cc1NC(=O)C1(C#N)CC(C)C1. The van der Waals surface area contributed by atoms with Gasteiger partial charge in [0.05, 0.1) is 11.6 Å². The molecule has 1 saturated carbocycles. The number of nitriles is 1. The van der Waals surface area contributed by atoms with Crippen molar-refractivity contribution in [3.05, 3.63) is 29.3 Å². The Bertz CT molecular complexity index is 610. The van der Waals surface area contributed by atoms with Crippen LogP contribution in [-0.4, -0.2) is 5.91 Å². The van der Waals surface area contributed by atoms with Gasteiger partial charge < -0.3 is 5.32 Å². The average molecular weight is 296 g/mol. The number of halogens is 3. The Labute approximate surface area is 120 Å². The van der Waals surface area contributed by atoms with E-state index >= 15 is 0 Å². The molecule has 0 aromatic heterocycles. The lowest BCUT2D eigenvalue weighted by Crippen LogP contribution is -2.45. The number of hydrogen-bond donors (Lipinski definition) is 1. The van der Waals surface area contributed by atoms with Gasteiger partial charge >= 0.3 is 6.18 Å². The number of nitrogens with one attached hydrogen (secondary N) is 1. The number of hydrogen-bond acceptors (Lipinski definition) is 2. The van der Waals surface area contributed by atoms with Gasteiger partial charge in [-0.2, -0.15) is 18.4 Å². The Balaban J connectivity index is 2.24. The fourth-order valence-electron chi connectivity index (χ4n) is 2.63. The van der Waals surface area contributed by atoms with E-state index in [4.69, 9.17) is 5.26 Å². The van der Waals surface area contributed by atoms with Gasteiger partial charge in [0.2, 0.25) is 5.91 Å². The summed E-state index contributed by atoms with van der Waals surface area (Å²) in [4.78, 5) is 12.2. The highest BCUT2D eigenvalue weighted by Crippen LogP contribution is 2.46. The second kappa shape index (κ2) is 5.06. The van der Waals surface area contributed by atoms with Gasteiger partial charge in [0.25, 0.3) is 0 Å². The molecule has 0 saturated heterocycles. The molecular formula is C15H15F3N2O. The van der Waals surface area contributed by atoms with Crippen LogP contribution in [0.25, 0.3) is 0 Å². The van der Waals surface area contributed by atoms with Crippen LogP contribution in [0.5, 0.6) is 0 Å². The molecule has 1 aromatic rings. The first-order valence-corrected chi connectivity index (χ1v) is 6.58. The molecule has 0 spiro atoms. The zero-order chi connectivity index (χ0) is 15.8. The van der Waals surface area contributed by atoms with Crippen molar-refractivity contribution in [1.29, 1.82) is 5.26 Å². The molecule has 1 aliphatic carbocycles. The molecule has 0 aliphatic heterocycles. The first-order chi connectivity index (χ1) is 9.68. The minimum atomic E-state index is -4.47. The number of carbonyl (C=O) groups is 1. The maximum Gasteiger partial charge on any atom is 0.416 e. The topological polar surface area (TPSA) is 52.9 Å². The summed E-state index contributed by atoms with van der Waals surface area (Å²) in [5, 5.41) is 11.6. The van der Waals surface area contributed by atoms with E-state index in [1.165, 1.54) is 6.07 Å². The lowest BCUT2D eigenvalue weighted by Gasteiger charge is -2.39. The van der Waals surface area contributed by atoms with Crippen molar-refractivity contribution >= 4 is 11.6 Å². The summed E-state index contributed by atoms with van der Waals surface area (Å²) in [6.45, 7) is 3.54. The Morgan fingerprint density at radius 2 is 2.05 bits per heavy atom. The predicted molar refractivity (Wildman–Crippen MR) is 71.3 cm³/mol. The molecule has 1 amide bonds. The number of rotatable bonds is 2.